The Morgan fingerprint density at radius 2 is 1.79 bits per heavy atom. The summed E-state index contributed by atoms with van der Waals surface area (Å²) in [4.78, 5) is 53.3. The number of amides is 3. The molecule has 0 atom stereocenters. The predicted octanol–water partition coefficient (Wildman–Crippen LogP) is 4.20. The highest BCUT2D eigenvalue weighted by Crippen LogP contribution is 2.32. The first-order valence-electron chi connectivity index (χ1n) is 9.42. The van der Waals surface area contributed by atoms with Gasteiger partial charge in [-0.05, 0) is 56.1 Å². The molecule has 3 rings (SSSR count). The molecule has 3 aromatic rings. The first kappa shape index (κ1) is 26.0. The number of nitrogens with one attached hydrogen (secondary N) is 3. The van der Waals surface area contributed by atoms with Crippen LogP contribution in [0, 0.1) is 0 Å². The number of hydrazine groups is 1. The summed E-state index contributed by atoms with van der Waals surface area (Å²) in [5, 5.41) is 7.16. The molecule has 2 heterocycles. The molecule has 0 radical (unpaired) electrons. The Hall–Kier alpha value is -2.61. The number of benzene rings is 1. The number of carbonyl (C=O) groups is 4. The van der Waals surface area contributed by atoms with Gasteiger partial charge < -0.3 is 5.32 Å². The SMILES string of the molecule is CCC(=O)C(=O)NNC(=O)c1cc(Br)cc(Br)c1NC(=O)c1cc(Br)nn1-c1ncccc1Cl. The number of aromatic nitrogens is 3. The Labute approximate surface area is 223 Å². The fraction of sp³-hybridized carbons (Fsp3) is 0.100. The smallest absolute Gasteiger partial charge is 0.305 e. The standard InChI is InChI=1S/C20H14Br3ClN6O4/c1-2-14(31)20(34)28-27-18(32)10-6-9(21)7-11(22)16(10)26-19(33)13-8-15(23)29-30(13)17-12(24)4-3-5-25-17/h3-8H,2H2,1H3,(H,26,33)(H,27,32)(H,28,34). The second-order valence-electron chi connectivity index (χ2n) is 6.52. The summed E-state index contributed by atoms with van der Waals surface area (Å²) in [7, 11) is 0. The largest absolute Gasteiger partial charge is 0.319 e. The van der Waals surface area contributed by atoms with Crippen molar-refractivity contribution in [3.8, 4) is 5.82 Å². The number of Topliss-reactive ketones (excluding diaryl/α,β-unsaturated/α-hetero) is 1. The Bertz CT molecular complexity index is 1310. The van der Waals surface area contributed by atoms with Crippen LogP contribution in [0.1, 0.15) is 34.2 Å². The molecule has 0 saturated carbocycles. The Kier molecular flexibility index (Phi) is 8.57. The van der Waals surface area contributed by atoms with E-state index in [1.165, 1.54) is 29.9 Å². The van der Waals surface area contributed by atoms with E-state index < -0.39 is 23.5 Å². The van der Waals surface area contributed by atoms with Crippen molar-refractivity contribution in [2.75, 3.05) is 5.32 Å². The van der Waals surface area contributed by atoms with Crippen LogP contribution >= 0.6 is 59.4 Å². The van der Waals surface area contributed by atoms with Crippen LogP contribution in [0.3, 0.4) is 0 Å². The summed E-state index contributed by atoms with van der Waals surface area (Å²) in [6.07, 6.45) is 1.48. The molecule has 10 nitrogen and oxygen atoms in total. The number of carbonyl (C=O) groups excluding carboxylic acids is 4. The van der Waals surface area contributed by atoms with Gasteiger partial charge in [0, 0.05) is 27.6 Å². The molecular weight excluding hydrogens is 663 g/mol. The molecule has 0 aliphatic rings. The Morgan fingerprint density at radius 3 is 2.47 bits per heavy atom. The van der Waals surface area contributed by atoms with Gasteiger partial charge in [0.05, 0.1) is 16.3 Å². The lowest BCUT2D eigenvalue weighted by Crippen LogP contribution is -2.45. The van der Waals surface area contributed by atoms with Crippen molar-refractivity contribution in [2.45, 2.75) is 13.3 Å². The molecule has 0 spiro atoms. The third kappa shape index (κ3) is 5.90. The minimum absolute atomic E-state index is 0.000142. The van der Waals surface area contributed by atoms with E-state index in [0.717, 1.165) is 0 Å². The molecule has 1 aromatic carbocycles. The zero-order valence-corrected chi connectivity index (χ0v) is 22.7. The highest BCUT2D eigenvalue weighted by atomic mass is 79.9. The van der Waals surface area contributed by atoms with Crippen molar-refractivity contribution < 1.29 is 19.2 Å². The molecule has 3 N–H and O–H groups in total. The highest BCUT2D eigenvalue weighted by Gasteiger charge is 2.23. The molecule has 34 heavy (non-hydrogen) atoms. The van der Waals surface area contributed by atoms with Crippen LogP contribution in [-0.4, -0.2) is 38.3 Å². The molecule has 176 valence electrons. The first-order chi connectivity index (χ1) is 16.1. The normalized spacial score (nSPS) is 10.5. The van der Waals surface area contributed by atoms with Gasteiger partial charge in [-0.2, -0.15) is 5.10 Å². The molecular formula is C20H14Br3ClN6O4. The predicted molar refractivity (Wildman–Crippen MR) is 135 cm³/mol. The van der Waals surface area contributed by atoms with E-state index >= 15 is 0 Å². The summed E-state index contributed by atoms with van der Waals surface area (Å²) in [6.45, 7) is 1.52. The van der Waals surface area contributed by atoms with Gasteiger partial charge in [-0.15, -0.1) is 0 Å². The van der Waals surface area contributed by atoms with Crippen LogP contribution in [0.15, 0.2) is 50.1 Å². The lowest BCUT2D eigenvalue weighted by Gasteiger charge is -2.15. The highest BCUT2D eigenvalue weighted by molar-refractivity contribution is 9.11. The van der Waals surface area contributed by atoms with Gasteiger partial charge in [0.15, 0.2) is 5.82 Å². The van der Waals surface area contributed by atoms with Gasteiger partial charge in [0.1, 0.15) is 10.3 Å². The molecule has 2 aromatic heterocycles. The zero-order valence-electron chi connectivity index (χ0n) is 17.2. The average molecular weight is 678 g/mol. The van der Waals surface area contributed by atoms with E-state index in [2.05, 4.69) is 68.6 Å². The molecule has 14 heteroatoms. The second kappa shape index (κ2) is 11.2. The number of halogens is 4. The van der Waals surface area contributed by atoms with Gasteiger partial charge >= 0.3 is 5.91 Å². The summed E-state index contributed by atoms with van der Waals surface area (Å²) in [5.74, 6) is -2.82. The minimum atomic E-state index is -0.962. The quantitative estimate of drug-likeness (QED) is 0.265. The van der Waals surface area contributed by atoms with E-state index in [1.54, 1.807) is 18.2 Å². The van der Waals surface area contributed by atoms with Crippen molar-refractivity contribution in [3.05, 3.63) is 66.4 Å². The van der Waals surface area contributed by atoms with Crippen molar-refractivity contribution in [1.29, 1.82) is 0 Å². The third-order valence-electron chi connectivity index (χ3n) is 4.25. The van der Waals surface area contributed by atoms with Crippen LogP contribution in [0.2, 0.25) is 5.02 Å². The molecule has 0 saturated heterocycles. The zero-order chi connectivity index (χ0) is 25.0. The summed E-state index contributed by atoms with van der Waals surface area (Å²) in [5.41, 5.74) is 4.40. The van der Waals surface area contributed by atoms with Crippen LogP contribution in [-0.2, 0) is 9.59 Å². The maximum absolute atomic E-state index is 13.2. The van der Waals surface area contributed by atoms with E-state index in [1.807, 2.05) is 5.43 Å². The first-order valence-corrected chi connectivity index (χ1v) is 12.2. The van der Waals surface area contributed by atoms with Crippen LogP contribution in [0.5, 0.6) is 0 Å². The maximum atomic E-state index is 13.2. The van der Waals surface area contributed by atoms with Gasteiger partial charge in [-0.3, -0.25) is 30.0 Å². The fourth-order valence-corrected chi connectivity index (χ4v) is 4.58. The molecule has 0 fully saturated rings. The third-order valence-corrected chi connectivity index (χ3v) is 6.02. The van der Waals surface area contributed by atoms with E-state index in [4.69, 9.17) is 11.6 Å². The minimum Gasteiger partial charge on any atom is -0.319 e. The average Bonchev–Trinajstić information content (AvgIpc) is 3.19. The Morgan fingerprint density at radius 1 is 1.06 bits per heavy atom. The van der Waals surface area contributed by atoms with Crippen molar-refractivity contribution in [2.24, 2.45) is 0 Å². The monoisotopic (exact) mass is 674 g/mol. The summed E-state index contributed by atoms with van der Waals surface area (Å²) < 4.78 is 2.50. The lowest BCUT2D eigenvalue weighted by molar-refractivity contribution is -0.138. The Balaban J connectivity index is 1.93. The number of nitrogens with zero attached hydrogens (tertiary/aromatic N) is 3. The number of anilines is 1. The van der Waals surface area contributed by atoms with Crippen molar-refractivity contribution >= 4 is 88.6 Å². The fourth-order valence-electron chi connectivity index (χ4n) is 2.68. The van der Waals surface area contributed by atoms with E-state index in [0.29, 0.717) is 13.5 Å². The number of pyridine rings is 1. The van der Waals surface area contributed by atoms with Gasteiger partial charge in [0.25, 0.3) is 11.8 Å². The molecule has 0 aliphatic heterocycles. The number of hydrogen-bond donors (Lipinski definition) is 3. The van der Waals surface area contributed by atoms with Crippen molar-refractivity contribution in [1.82, 2.24) is 25.6 Å². The number of hydrogen-bond acceptors (Lipinski definition) is 6. The topological polar surface area (TPSA) is 135 Å². The van der Waals surface area contributed by atoms with Gasteiger partial charge in [-0.25, -0.2) is 9.67 Å². The molecule has 3 amide bonds. The molecule has 0 bridgehead atoms. The molecule has 0 unspecified atom stereocenters. The maximum Gasteiger partial charge on any atom is 0.305 e. The van der Waals surface area contributed by atoms with Gasteiger partial charge in [-0.1, -0.05) is 34.5 Å². The number of ketones is 1. The summed E-state index contributed by atoms with van der Waals surface area (Å²) >= 11 is 16.1. The van der Waals surface area contributed by atoms with Gasteiger partial charge in [0.2, 0.25) is 5.78 Å². The van der Waals surface area contributed by atoms with E-state index in [9.17, 15) is 19.2 Å². The van der Waals surface area contributed by atoms with Crippen LogP contribution in [0.4, 0.5) is 5.69 Å². The van der Waals surface area contributed by atoms with Crippen LogP contribution in [0.25, 0.3) is 5.82 Å². The summed E-state index contributed by atoms with van der Waals surface area (Å²) in [6, 6.07) is 7.76. The van der Waals surface area contributed by atoms with Crippen molar-refractivity contribution in [3.63, 3.8) is 0 Å². The molecule has 0 aliphatic carbocycles. The second-order valence-corrected chi connectivity index (χ2v) is 9.51. The lowest BCUT2D eigenvalue weighted by atomic mass is 10.1. The number of rotatable bonds is 6. The van der Waals surface area contributed by atoms with E-state index in [-0.39, 0.29) is 34.2 Å². The van der Waals surface area contributed by atoms with Crippen LogP contribution < -0.4 is 16.2 Å².